The lowest BCUT2D eigenvalue weighted by molar-refractivity contribution is -0.114. The lowest BCUT2D eigenvalue weighted by Crippen LogP contribution is -2.11. The van der Waals surface area contributed by atoms with Gasteiger partial charge in [-0.2, -0.15) is 0 Å². The van der Waals surface area contributed by atoms with Gasteiger partial charge in [-0.15, -0.1) is 0 Å². The summed E-state index contributed by atoms with van der Waals surface area (Å²) in [7, 11) is 0. The third-order valence-electron chi connectivity index (χ3n) is 2.37. The van der Waals surface area contributed by atoms with E-state index in [0.717, 1.165) is 12.8 Å². The maximum atomic E-state index is 11.3. The first kappa shape index (κ1) is 12.5. The minimum atomic E-state index is -0.785. The van der Waals surface area contributed by atoms with E-state index in [1.165, 1.54) is 12.2 Å². The highest BCUT2D eigenvalue weighted by atomic mass is 16.7. The number of hydrogen-bond acceptors (Lipinski definition) is 4. The van der Waals surface area contributed by atoms with Gasteiger partial charge in [-0.05, 0) is 12.8 Å². The van der Waals surface area contributed by atoms with Crippen LogP contribution in [0, 0.1) is 5.92 Å². The molecule has 1 atom stereocenters. The first-order valence-electron chi connectivity index (χ1n) is 5.33. The van der Waals surface area contributed by atoms with E-state index in [1.807, 2.05) is 6.92 Å². The van der Waals surface area contributed by atoms with Crippen LogP contribution in [0.25, 0.3) is 0 Å². The third-order valence-corrected chi connectivity index (χ3v) is 2.37. The number of carbonyl (C=O) groups excluding carboxylic acids is 2. The highest BCUT2D eigenvalue weighted by Crippen LogP contribution is 2.23. The van der Waals surface area contributed by atoms with Gasteiger partial charge in [0.05, 0.1) is 0 Å². The molecule has 1 unspecified atom stereocenters. The molecule has 0 aromatic carbocycles. The van der Waals surface area contributed by atoms with Gasteiger partial charge in [-0.3, -0.25) is 4.79 Å². The van der Waals surface area contributed by atoms with Crippen LogP contribution in [-0.2, 0) is 14.3 Å². The average Bonchev–Trinajstić information content (AvgIpc) is 2.38. The van der Waals surface area contributed by atoms with Crippen LogP contribution in [0.1, 0.15) is 26.2 Å². The van der Waals surface area contributed by atoms with Gasteiger partial charge in [0.15, 0.2) is 5.78 Å². The quantitative estimate of drug-likeness (QED) is 0.546. The summed E-state index contributed by atoms with van der Waals surface area (Å²) in [5, 5.41) is 0. The molecule has 0 fully saturated rings. The minimum Gasteiger partial charge on any atom is -0.430 e. The summed E-state index contributed by atoms with van der Waals surface area (Å²) in [6.07, 6.45) is 4.24. The molecule has 0 heterocycles. The van der Waals surface area contributed by atoms with Gasteiger partial charge in [-0.25, -0.2) is 4.79 Å². The zero-order valence-electron chi connectivity index (χ0n) is 9.40. The Hall–Kier alpha value is -1.58. The van der Waals surface area contributed by atoms with Crippen LogP contribution in [-0.4, -0.2) is 18.5 Å². The predicted molar refractivity (Wildman–Crippen MR) is 58.7 cm³/mol. The second-order valence-corrected chi connectivity index (χ2v) is 3.76. The highest BCUT2D eigenvalue weighted by Gasteiger charge is 2.19. The van der Waals surface area contributed by atoms with Gasteiger partial charge in [-0.1, -0.05) is 19.6 Å². The molecule has 0 radical (unpaired) electrons. The fourth-order valence-electron chi connectivity index (χ4n) is 1.48. The van der Waals surface area contributed by atoms with E-state index in [1.54, 1.807) is 0 Å². The summed E-state index contributed by atoms with van der Waals surface area (Å²) in [6.45, 7) is 5.45. The molecule has 1 aliphatic carbocycles. The summed E-state index contributed by atoms with van der Waals surface area (Å²) < 4.78 is 9.67. The summed E-state index contributed by atoms with van der Waals surface area (Å²) >= 11 is 0. The summed E-state index contributed by atoms with van der Waals surface area (Å²) in [6, 6.07) is 0. The van der Waals surface area contributed by atoms with Crippen LogP contribution in [0.4, 0.5) is 4.79 Å². The molecule has 0 aromatic rings. The summed E-state index contributed by atoms with van der Waals surface area (Å²) in [5.74, 6) is 0.468. The number of rotatable bonds is 3. The first-order valence-corrected chi connectivity index (χ1v) is 5.33. The van der Waals surface area contributed by atoms with Gasteiger partial charge in [0, 0.05) is 18.4 Å². The predicted octanol–water partition coefficient (Wildman–Crippen LogP) is 2.60. The van der Waals surface area contributed by atoms with Crippen molar-refractivity contribution in [3.63, 3.8) is 0 Å². The fourth-order valence-corrected chi connectivity index (χ4v) is 1.48. The zero-order valence-corrected chi connectivity index (χ0v) is 9.40. The molecule has 16 heavy (non-hydrogen) atoms. The molecule has 88 valence electrons. The van der Waals surface area contributed by atoms with Crippen LogP contribution in [0.3, 0.4) is 0 Å². The molecule has 1 aliphatic rings. The second kappa shape index (κ2) is 6.10. The normalized spacial score (nSPS) is 20.7. The molecule has 0 bridgehead atoms. The van der Waals surface area contributed by atoms with Gasteiger partial charge in [0.25, 0.3) is 0 Å². The highest BCUT2D eigenvalue weighted by molar-refractivity contribution is 5.90. The third kappa shape index (κ3) is 3.88. The monoisotopic (exact) mass is 224 g/mol. The Morgan fingerprint density at radius 1 is 1.69 bits per heavy atom. The SMILES string of the molecule is C=CCOC(=O)OC1=CC(=O)CCCC1C. The maximum absolute atomic E-state index is 11.3. The van der Waals surface area contributed by atoms with E-state index < -0.39 is 6.16 Å². The van der Waals surface area contributed by atoms with Crippen molar-refractivity contribution in [2.24, 2.45) is 5.92 Å². The lowest BCUT2D eigenvalue weighted by Gasteiger charge is -2.12. The number of ether oxygens (including phenoxy) is 2. The molecular weight excluding hydrogens is 208 g/mol. The number of allylic oxidation sites excluding steroid dienone is 2. The van der Waals surface area contributed by atoms with Crippen LogP contribution in [0.2, 0.25) is 0 Å². The Bertz CT molecular complexity index is 317. The van der Waals surface area contributed by atoms with Gasteiger partial charge in [0.2, 0.25) is 0 Å². The molecule has 0 saturated carbocycles. The van der Waals surface area contributed by atoms with Gasteiger partial charge >= 0.3 is 6.16 Å². The molecule has 0 N–H and O–H groups in total. The van der Waals surface area contributed by atoms with E-state index in [9.17, 15) is 9.59 Å². The average molecular weight is 224 g/mol. The van der Waals surface area contributed by atoms with Crippen LogP contribution in [0.15, 0.2) is 24.5 Å². The van der Waals surface area contributed by atoms with Crippen LogP contribution >= 0.6 is 0 Å². The maximum Gasteiger partial charge on any atom is 0.513 e. The summed E-state index contributed by atoms with van der Waals surface area (Å²) in [5.41, 5.74) is 0. The second-order valence-electron chi connectivity index (χ2n) is 3.76. The van der Waals surface area contributed by atoms with Gasteiger partial charge < -0.3 is 9.47 Å². The van der Waals surface area contributed by atoms with Crippen molar-refractivity contribution < 1.29 is 19.1 Å². The Morgan fingerprint density at radius 2 is 2.44 bits per heavy atom. The Labute approximate surface area is 94.9 Å². The fraction of sp³-hybridized carbons (Fsp3) is 0.500. The molecule has 0 spiro atoms. The Balaban J connectivity index is 2.58. The molecule has 0 saturated heterocycles. The molecule has 0 aliphatic heterocycles. The molecule has 0 amide bonds. The van der Waals surface area contributed by atoms with E-state index >= 15 is 0 Å². The standard InChI is InChI=1S/C12H16O4/c1-3-7-15-12(14)16-11-8-10(13)6-4-5-9(11)2/h3,8-9H,1,4-7H2,2H3. The van der Waals surface area contributed by atoms with Crippen molar-refractivity contribution >= 4 is 11.9 Å². The van der Waals surface area contributed by atoms with Crippen molar-refractivity contribution in [3.8, 4) is 0 Å². The summed E-state index contributed by atoms with van der Waals surface area (Å²) in [4.78, 5) is 22.5. The van der Waals surface area contributed by atoms with Crippen molar-refractivity contribution in [2.45, 2.75) is 26.2 Å². The van der Waals surface area contributed by atoms with Crippen molar-refractivity contribution in [1.82, 2.24) is 0 Å². The molecule has 0 aromatic heterocycles. The van der Waals surface area contributed by atoms with E-state index in [-0.39, 0.29) is 18.3 Å². The number of hydrogen-bond donors (Lipinski definition) is 0. The van der Waals surface area contributed by atoms with E-state index in [4.69, 9.17) is 4.74 Å². The number of carbonyl (C=O) groups is 2. The molecular formula is C12H16O4. The van der Waals surface area contributed by atoms with E-state index in [2.05, 4.69) is 11.3 Å². The topological polar surface area (TPSA) is 52.6 Å². The first-order chi connectivity index (χ1) is 7.63. The molecule has 4 nitrogen and oxygen atoms in total. The number of ketones is 1. The van der Waals surface area contributed by atoms with Crippen LogP contribution < -0.4 is 0 Å². The Morgan fingerprint density at radius 3 is 3.12 bits per heavy atom. The van der Waals surface area contributed by atoms with Crippen molar-refractivity contribution in [2.75, 3.05) is 6.61 Å². The molecule has 4 heteroatoms. The van der Waals surface area contributed by atoms with Crippen LogP contribution in [0.5, 0.6) is 0 Å². The minimum absolute atomic E-state index is 0.00382. The van der Waals surface area contributed by atoms with Crippen molar-refractivity contribution in [1.29, 1.82) is 0 Å². The smallest absolute Gasteiger partial charge is 0.430 e. The van der Waals surface area contributed by atoms with E-state index in [0.29, 0.717) is 12.2 Å². The largest absolute Gasteiger partial charge is 0.513 e. The van der Waals surface area contributed by atoms with Crippen molar-refractivity contribution in [3.05, 3.63) is 24.5 Å². The Kier molecular flexibility index (Phi) is 4.76. The van der Waals surface area contributed by atoms with Gasteiger partial charge in [0.1, 0.15) is 12.4 Å². The molecule has 1 rings (SSSR count). The lowest BCUT2D eigenvalue weighted by atomic mass is 10.1. The zero-order chi connectivity index (χ0) is 12.0.